The molecule has 0 spiro atoms. The molecule has 2 aromatic rings. The Balaban J connectivity index is 0.00000272. The fourth-order valence-electron chi connectivity index (χ4n) is 4.52. The van der Waals surface area contributed by atoms with Crippen molar-refractivity contribution in [3.8, 4) is 11.5 Å². The number of rotatable bonds is 4. The molecule has 170 valence electrons. The monoisotopic (exact) mass is 449 g/mol. The van der Waals surface area contributed by atoms with Gasteiger partial charge in [0.2, 0.25) is 11.9 Å². The average Bonchev–Trinajstić information content (AvgIpc) is 3.07. The number of methoxy groups -OCH3 is 2. The van der Waals surface area contributed by atoms with Gasteiger partial charge in [-0.1, -0.05) is 25.7 Å². The van der Waals surface area contributed by atoms with Crippen molar-refractivity contribution in [3.05, 3.63) is 12.1 Å². The van der Waals surface area contributed by atoms with Crippen LogP contribution in [0.4, 0.5) is 11.8 Å². The molecule has 0 atom stereocenters. The molecule has 1 aliphatic heterocycles. The van der Waals surface area contributed by atoms with Gasteiger partial charge in [0.25, 0.3) is 0 Å². The molecule has 1 saturated heterocycles. The molecular weight excluding hydrogens is 418 g/mol. The molecule has 2 heterocycles. The fourth-order valence-corrected chi connectivity index (χ4v) is 4.52. The van der Waals surface area contributed by atoms with Crippen LogP contribution in [-0.4, -0.2) is 61.2 Å². The minimum atomic E-state index is 0. The van der Waals surface area contributed by atoms with Crippen LogP contribution in [-0.2, 0) is 4.79 Å². The van der Waals surface area contributed by atoms with Crippen LogP contribution in [0, 0.1) is 5.92 Å². The van der Waals surface area contributed by atoms with Gasteiger partial charge in [-0.25, -0.2) is 4.98 Å². The number of benzene rings is 1. The molecule has 1 aliphatic carbocycles. The Morgan fingerprint density at radius 2 is 1.58 bits per heavy atom. The molecule has 2 fully saturated rings. The van der Waals surface area contributed by atoms with Crippen molar-refractivity contribution in [3.63, 3.8) is 0 Å². The molecule has 9 heteroatoms. The number of anilines is 2. The van der Waals surface area contributed by atoms with Crippen LogP contribution < -0.4 is 20.1 Å². The maximum Gasteiger partial charge on any atom is 0.228 e. The number of nitrogens with two attached hydrogens (primary N) is 1. The van der Waals surface area contributed by atoms with E-state index in [-0.39, 0.29) is 18.3 Å². The zero-order valence-electron chi connectivity index (χ0n) is 18.3. The highest BCUT2D eigenvalue weighted by Gasteiger charge is 2.28. The molecule has 0 radical (unpaired) electrons. The summed E-state index contributed by atoms with van der Waals surface area (Å²) in [6.07, 6.45) is 6.94. The standard InChI is InChI=1S/C22H31N5O3.ClH/c1-29-18-13-16-17(14-19(18)30-2)24-22(25-20(16)23)27-11-9-26(10-12-27)21(28)15-7-5-3-4-6-8-15;/h13-15H,3-12H2,1-2H3,(H2,23,24,25);1H. The molecule has 1 saturated carbocycles. The second-order valence-electron chi connectivity index (χ2n) is 8.13. The van der Waals surface area contributed by atoms with Crippen molar-refractivity contribution in [2.45, 2.75) is 38.5 Å². The number of ether oxygens (including phenoxy) is 2. The Morgan fingerprint density at radius 1 is 0.968 bits per heavy atom. The second-order valence-corrected chi connectivity index (χ2v) is 8.13. The van der Waals surface area contributed by atoms with Crippen LogP contribution in [0.5, 0.6) is 11.5 Å². The van der Waals surface area contributed by atoms with Crippen LogP contribution in [0.3, 0.4) is 0 Å². The van der Waals surface area contributed by atoms with E-state index in [0.717, 1.165) is 18.2 Å². The van der Waals surface area contributed by atoms with Crippen molar-refractivity contribution in [2.75, 3.05) is 51.0 Å². The van der Waals surface area contributed by atoms with Crippen LogP contribution in [0.2, 0.25) is 0 Å². The molecule has 4 rings (SSSR count). The van der Waals surface area contributed by atoms with Crippen LogP contribution >= 0.6 is 12.4 Å². The summed E-state index contributed by atoms with van der Waals surface area (Å²) < 4.78 is 10.7. The molecular formula is C22H32ClN5O3. The normalized spacial score (nSPS) is 17.7. The van der Waals surface area contributed by atoms with Gasteiger partial charge in [0.15, 0.2) is 11.5 Å². The summed E-state index contributed by atoms with van der Waals surface area (Å²) in [5, 5.41) is 0.735. The summed E-state index contributed by atoms with van der Waals surface area (Å²) in [6.45, 7) is 2.80. The summed E-state index contributed by atoms with van der Waals surface area (Å²) in [4.78, 5) is 26.3. The lowest BCUT2D eigenvalue weighted by Crippen LogP contribution is -2.50. The number of aromatic nitrogens is 2. The summed E-state index contributed by atoms with van der Waals surface area (Å²) in [5.41, 5.74) is 6.94. The summed E-state index contributed by atoms with van der Waals surface area (Å²) in [7, 11) is 3.19. The Bertz CT molecular complexity index is 910. The highest BCUT2D eigenvalue weighted by atomic mass is 35.5. The highest BCUT2D eigenvalue weighted by molar-refractivity contribution is 5.91. The van der Waals surface area contributed by atoms with Crippen LogP contribution in [0.25, 0.3) is 10.9 Å². The van der Waals surface area contributed by atoms with E-state index in [1.165, 1.54) is 25.7 Å². The van der Waals surface area contributed by atoms with E-state index in [9.17, 15) is 4.79 Å². The van der Waals surface area contributed by atoms with Gasteiger partial charge in [0.05, 0.1) is 19.7 Å². The molecule has 0 bridgehead atoms. The molecule has 31 heavy (non-hydrogen) atoms. The predicted octanol–water partition coefficient (Wildman–Crippen LogP) is 3.27. The Labute approximate surface area is 189 Å². The summed E-state index contributed by atoms with van der Waals surface area (Å²) in [6, 6.07) is 3.62. The van der Waals surface area contributed by atoms with E-state index < -0.39 is 0 Å². The first-order valence-electron chi connectivity index (χ1n) is 10.8. The number of carbonyl (C=O) groups excluding carboxylic acids is 1. The van der Waals surface area contributed by atoms with Crippen molar-refractivity contribution < 1.29 is 14.3 Å². The van der Waals surface area contributed by atoms with E-state index in [1.807, 2.05) is 11.0 Å². The third-order valence-corrected chi connectivity index (χ3v) is 6.30. The van der Waals surface area contributed by atoms with Gasteiger partial charge in [-0.15, -0.1) is 12.4 Å². The van der Waals surface area contributed by atoms with E-state index in [0.29, 0.717) is 60.9 Å². The molecule has 1 amide bonds. The summed E-state index contributed by atoms with van der Waals surface area (Å²) >= 11 is 0. The fraction of sp³-hybridized carbons (Fsp3) is 0.591. The minimum absolute atomic E-state index is 0. The number of piperazine rings is 1. The van der Waals surface area contributed by atoms with Gasteiger partial charge in [0.1, 0.15) is 5.82 Å². The summed E-state index contributed by atoms with van der Waals surface area (Å²) in [5.74, 6) is 2.73. The topological polar surface area (TPSA) is 93.8 Å². The van der Waals surface area contributed by atoms with Gasteiger partial charge in [-0.05, 0) is 18.9 Å². The van der Waals surface area contributed by atoms with Gasteiger partial charge in [-0.3, -0.25) is 4.79 Å². The zero-order valence-corrected chi connectivity index (χ0v) is 19.1. The molecule has 2 N–H and O–H groups in total. The van der Waals surface area contributed by atoms with Gasteiger partial charge in [0, 0.05) is 43.5 Å². The second kappa shape index (κ2) is 10.2. The largest absolute Gasteiger partial charge is 0.493 e. The van der Waals surface area contributed by atoms with Crippen LogP contribution in [0.1, 0.15) is 38.5 Å². The average molecular weight is 450 g/mol. The predicted molar refractivity (Wildman–Crippen MR) is 124 cm³/mol. The van der Waals surface area contributed by atoms with Crippen LogP contribution in [0.15, 0.2) is 12.1 Å². The SMILES string of the molecule is COc1cc2nc(N3CCN(C(=O)C4CCCCCC4)CC3)nc(N)c2cc1OC.Cl. The number of hydrogen-bond donors (Lipinski definition) is 1. The minimum Gasteiger partial charge on any atom is -0.493 e. The molecule has 2 aliphatic rings. The lowest BCUT2D eigenvalue weighted by molar-refractivity contribution is -0.136. The lowest BCUT2D eigenvalue weighted by Gasteiger charge is -2.36. The molecule has 0 unspecified atom stereocenters. The van der Waals surface area contributed by atoms with Gasteiger partial charge < -0.3 is 25.0 Å². The number of nitrogens with zero attached hydrogens (tertiary/aromatic N) is 4. The Kier molecular flexibility index (Phi) is 7.64. The van der Waals surface area contributed by atoms with Crippen molar-refractivity contribution in [2.24, 2.45) is 5.92 Å². The number of amides is 1. The van der Waals surface area contributed by atoms with E-state index >= 15 is 0 Å². The van der Waals surface area contributed by atoms with Crippen molar-refractivity contribution in [1.82, 2.24) is 14.9 Å². The lowest BCUT2D eigenvalue weighted by atomic mass is 9.98. The Hall–Kier alpha value is -2.48. The third kappa shape index (κ3) is 4.89. The van der Waals surface area contributed by atoms with Gasteiger partial charge >= 0.3 is 0 Å². The first kappa shape index (κ1) is 23.2. The van der Waals surface area contributed by atoms with Crippen molar-refractivity contribution >= 4 is 41.0 Å². The Morgan fingerprint density at radius 3 is 2.19 bits per heavy atom. The van der Waals surface area contributed by atoms with E-state index in [1.54, 1.807) is 20.3 Å². The first-order chi connectivity index (χ1) is 14.6. The molecule has 1 aromatic heterocycles. The maximum absolute atomic E-state index is 12.9. The third-order valence-electron chi connectivity index (χ3n) is 6.30. The highest BCUT2D eigenvalue weighted by Crippen LogP contribution is 2.34. The number of fused-ring (bicyclic) bond motifs is 1. The number of carbonyl (C=O) groups is 1. The zero-order chi connectivity index (χ0) is 21.1. The smallest absolute Gasteiger partial charge is 0.228 e. The molecule has 8 nitrogen and oxygen atoms in total. The number of hydrogen-bond acceptors (Lipinski definition) is 7. The molecule has 1 aromatic carbocycles. The van der Waals surface area contributed by atoms with Crippen molar-refractivity contribution in [1.29, 1.82) is 0 Å². The number of halogens is 1. The van der Waals surface area contributed by atoms with E-state index in [2.05, 4.69) is 9.88 Å². The maximum atomic E-state index is 12.9. The van der Waals surface area contributed by atoms with Gasteiger partial charge in [-0.2, -0.15) is 4.98 Å². The quantitative estimate of drug-likeness (QED) is 0.716. The number of nitrogen functional groups attached to an aromatic ring is 1. The first-order valence-corrected chi connectivity index (χ1v) is 10.8. The van der Waals surface area contributed by atoms with E-state index in [4.69, 9.17) is 20.2 Å².